The van der Waals surface area contributed by atoms with Crippen LogP contribution in [0.2, 0.25) is 5.15 Å². The van der Waals surface area contributed by atoms with Gasteiger partial charge in [0.05, 0.1) is 18.3 Å². The van der Waals surface area contributed by atoms with Gasteiger partial charge in [0.25, 0.3) is 0 Å². The van der Waals surface area contributed by atoms with Crippen LogP contribution < -0.4 is 5.32 Å². The summed E-state index contributed by atoms with van der Waals surface area (Å²) < 4.78 is 1.80. The maximum absolute atomic E-state index is 11.7. The highest BCUT2D eigenvalue weighted by molar-refractivity contribution is 6.31. The molecule has 0 radical (unpaired) electrons. The number of carbonyl (C=O) groups is 1. The van der Waals surface area contributed by atoms with Crippen molar-refractivity contribution in [1.82, 2.24) is 14.7 Å². The minimum absolute atomic E-state index is 0.0769. The zero-order chi connectivity index (χ0) is 14.5. The highest BCUT2D eigenvalue weighted by atomic mass is 35.5. The van der Waals surface area contributed by atoms with E-state index in [-0.39, 0.29) is 18.6 Å². The third-order valence-electron chi connectivity index (χ3n) is 2.97. The fourth-order valence-electron chi connectivity index (χ4n) is 1.82. The van der Waals surface area contributed by atoms with Gasteiger partial charge in [0.15, 0.2) is 5.15 Å². The van der Waals surface area contributed by atoms with E-state index in [1.54, 1.807) is 10.5 Å². The van der Waals surface area contributed by atoms with Gasteiger partial charge in [-0.2, -0.15) is 0 Å². The Balaban J connectivity index is 2.17. The number of nitrogens with one attached hydrogen (secondary N) is 1. The molecule has 2 rings (SSSR count). The highest BCUT2D eigenvalue weighted by Crippen LogP contribution is 2.18. The van der Waals surface area contributed by atoms with Crippen LogP contribution in [0, 0.1) is 0 Å². The van der Waals surface area contributed by atoms with E-state index < -0.39 is 0 Å². The molecule has 0 aliphatic rings. The Kier molecular flexibility index (Phi) is 4.76. The molecular weight excluding hydrogens is 278 g/mol. The first-order valence-corrected chi connectivity index (χ1v) is 6.75. The summed E-state index contributed by atoms with van der Waals surface area (Å²) in [5.41, 5.74) is 1.37. The van der Waals surface area contributed by atoms with E-state index in [2.05, 4.69) is 10.3 Å². The van der Waals surface area contributed by atoms with E-state index in [1.807, 2.05) is 31.3 Å². The number of pyridine rings is 1. The molecule has 0 aromatic carbocycles. The quantitative estimate of drug-likeness (QED) is 0.827. The van der Waals surface area contributed by atoms with Crippen LogP contribution in [0.5, 0.6) is 0 Å². The average Bonchev–Trinajstić information content (AvgIpc) is 2.78. The number of amides is 1. The van der Waals surface area contributed by atoms with Crippen LogP contribution in [0.25, 0.3) is 11.7 Å². The van der Waals surface area contributed by atoms with Crippen molar-refractivity contribution in [3.63, 3.8) is 0 Å². The number of rotatable bonds is 5. The van der Waals surface area contributed by atoms with Gasteiger partial charge < -0.3 is 10.4 Å². The Morgan fingerprint density at radius 2 is 2.40 bits per heavy atom. The van der Waals surface area contributed by atoms with E-state index in [0.29, 0.717) is 17.3 Å². The van der Waals surface area contributed by atoms with Crippen LogP contribution in [-0.4, -0.2) is 33.0 Å². The van der Waals surface area contributed by atoms with E-state index >= 15 is 0 Å². The minimum Gasteiger partial charge on any atom is -0.394 e. The van der Waals surface area contributed by atoms with Gasteiger partial charge in [0.2, 0.25) is 5.91 Å². The molecule has 0 aliphatic carbocycles. The standard InChI is InChI=1S/C14H16ClN3O2/c1-2-10(9-19)16-13(20)7-6-11-14(15)17-12-5-3-4-8-18(11)12/h3-8,10,19H,2,9H2,1H3,(H,16,20)/b7-6+. The van der Waals surface area contributed by atoms with Gasteiger partial charge in [0.1, 0.15) is 5.65 Å². The van der Waals surface area contributed by atoms with E-state index in [0.717, 1.165) is 5.65 Å². The van der Waals surface area contributed by atoms with Crippen LogP contribution >= 0.6 is 11.6 Å². The Hall–Kier alpha value is -1.85. The SMILES string of the molecule is CCC(CO)NC(=O)/C=C/c1c(Cl)nc2ccccn12. The number of aliphatic hydroxyl groups excluding tert-OH is 1. The molecule has 0 spiro atoms. The Morgan fingerprint density at radius 3 is 3.10 bits per heavy atom. The van der Waals surface area contributed by atoms with Gasteiger partial charge in [0, 0.05) is 12.3 Å². The third kappa shape index (κ3) is 3.18. The van der Waals surface area contributed by atoms with E-state index in [9.17, 15) is 4.79 Å². The fraction of sp³-hybridized carbons (Fsp3) is 0.286. The summed E-state index contributed by atoms with van der Waals surface area (Å²) in [5, 5.41) is 12.1. The number of carbonyl (C=O) groups excluding carboxylic acids is 1. The molecule has 0 fully saturated rings. The molecule has 2 N–H and O–H groups in total. The smallest absolute Gasteiger partial charge is 0.244 e. The van der Waals surface area contributed by atoms with Gasteiger partial charge >= 0.3 is 0 Å². The Bertz CT molecular complexity index is 632. The molecule has 6 heteroatoms. The average molecular weight is 294 g/mol. The fourth-order valence-corrected chi connectivity index (χ4v) is 2.06. The van der Waals surface area contributed by atoms with Gasteiger partial charge in [-0.05, 0) is 24.6 Å². The molecule has 20 heavy (non-hydrogen) atoms. The number of hydrogen-bond donors (Lipinski definition) is 2. The zero-order valence-electron chi connectivity index (χ0n) is 11.1. The van der Waals surface area contributed by atoms with Gasteiger partial charge in [-0.3, -0.25) is 9.20 Å². The predicted octanol–water partition coefficient (Wildman–Crippen LogP) is 1.89. The first-order valence-electron chi connectivity index (χ1n) is 6.37. The number of imidazole rings is 1. The van der Waals surface area contributed by atoms with E-state index in [1.165, 1.54) is 6.08 Å². The minimum atomic E-state index is -0.271. The van der Waals surface area contributed by atoms with Crippen LogP contribution in [0.3, 0.4) is 0 Å². The molecule has 2 heterocycles. The topological polar surface area (TPSA) is 66.6 Å². The summed E-state index contributed by atoms with van der Waals surface area (Å²) in [6.07, 6.45) is 5.50. The number of fused-ring (bicyclic) bond motifs is 1. The molecule has 0 saturated heterocycles. The van der Waals surface area contributed by atoms with Gasteiger partial charge in [-0.15, -0.1) is 0 Å². The number of hydrogen-bond acceptors (Lipinski definition) is 3. The lowest BCUT2D eigenvalue weighted by Crippen LogP contribution is -2.35. The van der Waals surface area contributed by atoms with E-state index in [4.69, 9.17) is 16.7 Å². The summed E-state index contributed by atoms with van der Waals surface area (Å²) >= 11 is 6.06. The van der Waals surface area contributed by atoms with Gasteiger partial charge in [-0.25, -0.2) is 4.98 Å². The van der Waals surface area contributed by atoms with Crippen LogP contribution in [0.15, 0.2) is 30.5 Å². The third-order valence-corrected chi connectivity index (χ3v) is 3.25. The van der Waals surface area contributed by atoms with Crippen LogP contribution in [-0.2, 0) is 4.79 Å². The number of aliphatic hydroxyl groups is 1. The lowest BCUT2D eigenvalue weighted by atomic mass is 10.2. The predicted molar refractivity (Wildman–Crippen MR) is 78.5 cm³/mol. The van der Waals surface area contributed by atoms with Crippen molar-refractivity contribution in [3.05, 3.63) is 41.3 Å². The molecule has 2 aromatic rings. The maximum atomic E-state index is 11.7. The molecule has 5 nitrogen and oxygen atoms in total. The normalized spacial score (nSPS) is 12.9. The molecule has 106 valence electrons. The van der Waals surface area contributed by atoms with Crippen LogP contribution in [0.1, 0.15) is 19.0 Å². The summed E-state index contributed by atoms with van der Waals surface area (Å²) in [5.74, 6) is -0.271. The maximum Gasteiger partial charge on any atom is 0.244 e. The van der Waals surface area contributed by atoms with Crippen molar-refractivity contribution in [2.24, 2.45) is 0 Å². The molecule has 0 saturated carbocycles. The van der Waals surface area contributed by atoms with Crippen LogP contribution in [0.4, 0.5) is 0 Å². The molecule has 1 amide bonds. The Labute approximate surface area is 121 Å². The first-order chi connectivity index (χ1) is 9.65. The number of aromatic nitrogens is 2. The highest BCUT2D eigenvalue weighted by Gasteiger charge is 2.09. The molecule has 2 aromatic heterocycles. The van der Waals surface area contributed by atoms with Crippen molar-refractivity contribution < 1.29 is 9.90 Å². The lowest BCUT2D eigenvalue weighted by molar-refractivity contribution is -0.117. The zero-order valence-corrected chi connectivity index (χ0v) is 11.8. The largest absolute Gasteiger partial charge is 0.394 e. The summed E-state index contributed by atoms with van der Waals surface area (Å²) in [6, 6.07) is 5.33. The Morgan fingerprint density at radius 1 is 1.60 bits per heavy atom. The summed E-state index contributed by atoms with van der Waals surface area (Å²) in [4.78, 5) is 15.9. The first kappa shape index (κ1) is 14.6. The molecule has 0 aliphatic heterocycles. The molecule has 0 bridgehead atoms. The lowest BCUT2D eigenvalue weighted by Gasteiger charge is -2.11. The van der Waals surface area contributed by atoms with Gasteiger partial charge in [-0.1, -0.05) is 24.6 Å². The number of nitrogens with zero attached hydrogens (tertiary/aromatic N) is 2. The second-order valence-electron chi connectivity index (χ2n) is 4.35. The summed E-state index contributed by atoms with van der Waals surface area (Å²) in [6.45, 7) is 1.82. The van der Waals surface area contributed by atoms with Crippen molar-refractivity contribution in [2.75, 3.05) is 6.61 Å². The van der Waals surface area contributed by atoms with Crippen molar-refractivity contribution in [2.45, 2.75) is 19.4 Å². The van der Waals surface area contributed by atoms with Crippen molar-refractivity contribution in [3.8, 4) is 0 Å². The van der Waals surface area contributed by atoms with Crippen molar-refractivity contribution in [1.29, 1.82) is 0 Å². The number of halogens is 1. The summed E-state index contributed by atoms with van der Waals surface area (Å²) in [7, 11) is 0. The monoisotopic (exact) mass is 293 g/mol. The van der Waals surface area contributed by atoms with Crippen molar-refractivity contribution >= 4 is 29.2 Å². The molecule has 1 atom stereocenters. The molecule has 1 unspecified atom stereocenters. The second kappa shape index (κ2) is 6.54. The molecular formula is C14H16ClN3O2. The second-order valence-corrected chi connectivity index (χ2v) is 4.70.